The molecule has 0 bridgehead atoms. The number of hydrogen-bond donors (Lipinski definition) is 1. The molecule has 2 rings (SSSR count). The quantitative estimate of drug-likeness (QED) is 0.735. The van der Waals surface area contributed by atoms with Gasteiger partial charge in [0, 0.05) is 18.5 Å². The summed E-state index contributed by atoms with van der Waals surface area (Å²) in [4.78, 5) is 24.7. The van der Waals surface area contributed by atoms with E-state index in [1.807, 2.05) is 25.1 Å². The van der Waals surface area contributed by atoms with Crippen molar-refractivity contribution in [1.29, 1.82) is 0 Å². The number of nitrogens with zero attached hydrogens (tertiary/aromatic N) is 2. The Morgan fingerprint density at radius 1 is 1.21 bits per heavy atom. The fourth-order valence-corrected chi connectivity index (χ4v) is 2.95. The molecule has 0 aliphatic carbocycles. The van der Waals surface area contributed by atoms with Gasteiger partial charge in [-0.2, -0.15) is 0 Å². The molecule has 0 radical (unpaired) electrons. The monoisotopic (exact) mass is 403 g/mol. The maximum Gasteiger partial charge on any atom is 0.407 e. The molecule has 0 saturated heterocycles. The topological polar surface area (TPSA) is 104 Å². The van der Waals surface area contributed by atoms with Crippen molar-refractivity contribution >= 4 is 12.1 Å². The van der Waals surface area contributed by atoms with Crippen LogP contribution in [0.15, 0.2) is 22.6 Å². The third-order valence-corrected chi connectivity index (χ3v) is 4.31. The number of carbonyl (C=O) groups excluding carboxylic acids is 2. The first-order chi connectivity index (χ1) is 13.5. The van der Waals surface area contributed by atoms with Crippen molar-refractivity contribution in [2.24, 2.45) is 5.92 Å². The lowest BCUT2D eigenvalue weighted by Crippen LogP contribution is -2.44. The molecule has 29 heavy (non-hydrogen) atoms. The fraction of sp³-hybridized carbons (Fsp3) is 0.524. The Bertz CT molecular complexity index is 869. The van der Waals surface area contributed by atoms with Gasteiger partial charge in [-0.3, -0.25) is 4.79 Å². The van der Waals surface area contributed by atoms with E-state index in [4.69, 9.17) is 13.9 Å². The van der Waals surface area contributed by atoms with Crippen molar-refractivity contribution in [3.8, 4) is 11.5 Å². The molecular weight excluding hydrogens is 374 g/mol. The molecule has 1 heterocycles. The molecule has 1 unspecified atom stereocenters. The number of methoxy groups -OCH3 is 1. The number of hydrogen-bond acceptors (Lipinski definition) is 7. The molecule has 1 amide bonds. The zero-order valence-electron chi connectivity index (χ0n) is 18.0. The van der Waals surface area contributed by atoms with E-state index in [2.05, 4.69) is 15.5 Å². The number of nitrogens with one attached hydrogen (secondary N) is 1. The Morgan fingerprint density at radius 2 is 1.90 bits per heavy atom. The summed E-state index contributed by atoms with van der Waals surface area (Å²) in [5, 5.41) is 10.7. The van der Waals surface area contributed by atoms with E-state index >= 15 is 0 Å². The van der Waals surface area contributed by atoms with Crippen molar-refractivity contribution in [2.75, 3.05) is 7.11 Å². The predicted molar refractivity (Wildman–Crippen MR) is 107 cm³/mol. The standard InChI is InChI=1S/C21H29N3O5/c1-12-8-9-16(18-24-23-14(3)28-18)15(10-12)11-17(19(25)27-7)13(2)22-20(26)29-21(4,5)6/h8-10,13,17H,11H2,1-7H3,(H,22,26)/t13?,17-/m1/s1. The van der Waals surface area contributed by atoms with E-state index in [0.717, 1.165) is 16.7 Å². The Kier molecular flexibility index (Phi) is 7.00. The third kappa shape index (κ3) is 6.30. The highest BCUT2D eigenvalue weighted by Gasteiger charge is 2.30. The van der Waals surface area contributed by atoms with Gasteiger partial charge >= 0.3 is 12.1 Å². The van der Waals surface area contributed by atoms with Crippen molar-refractivity contribution in [2.45, 2.75) is 59.6 Å². The zero-order chi connectivity index (χ0) is 21.8. The lowest BCUT2D eigenvalue weighted by Gasteiger charge is -2.26. The lowest BCUT2D eigenvalue weighted by molar-refractivity contribution is -0.146. The molecule has 0 aliphatic heterocycles. The van der Waals surface area contributed by atoms with Gasteiger partial charge < -0.3 is 19.2 Å². The molecule has 1 aromatic carbocycles. The summed E-state index contributed by atoms with van der Waals surface area (Å²) in [6.07, 6.45) is -0.266. The maximum atomic E-state index is 12.5. The Morgan fingerprint density at radius 3 is 2.45 bits per heavy atom. The van der Waals surface area contributed by atoms with Crippen LogP contribution in [0.4, 0.5) is 4.79 Å². The van der Waals surface area contributed by atoms with Crippen LogP contribution in [0.1, 0.15) is 44.7 Å². The van der Waals surface area contributed by atoms with Gasteiger partial charge in [0.05, 0.1) is 13.0 Å². The van der Waals surface area contributed by atoms with E-state index in [9.17, 15) is 9.59 Å². The number of amides is 1. The van der Waals surface area contributed by atoms with Crippen molar-refractivity contribution in [1.82, 2.24) is 15.5 Å². The van der Waals surface area contributed by atoms with Gasteiger partial charge in [-0.1, -0.05) is 17.7 Å². The first kappa shape index (κ1) is 22.4. The van der Waals surface area contributed by atoms with Crippen LogP contribution in [0, 0.1) is 19.8 Å². The molecule has 8 nitrogen and oxygen atoms in total. The van der Waals surface area contributed by atoms with E-state index in [0.29, 0.717) is 18.2 Å². The Hall–Kier alpha value is -2.90. The van der Waals surface area contributed by atoms with Gasteiger partial charge in [0.1, 0.15) is 5.60 Å². The highest BCUT2D eigenvalue weighted by Crippen LogP contribution is 2.27. The number of benzene rings is 1. The first-order valence-corrected chi connectivity index (χ1v) is 9.47. The average Bonchev–Trinajstić information content (AvgIpc) is 3.03. The molecule has 0 fully saturated rings. The molecule has 0 aliphatic rings. The molecule has 1 aromatic heterocycles. The normalized spacial score (nSPS) is 13.5. The molecule has 0 spiro atoms. The summed E-state index contributed by atoms with van der Waals surface area (Å²) in [6.45, 7) is 10.8. The number of esters is 1. The summed E-state index contributed by atoms with van der Waals surface area (Å²) in [6, 6.07) is 5.27. The molecule has 8 heteroatoms. The lowest BCUT2D eigenvalue weighted by atomic mass is 9.89. The highest BCUT2D eigenvalue weighted by molar-refractivity contribution is 5.76. The van der Waals surface area contributed by atoms with Crippen molar-refractivity contribution in [3.63, 3.8) is 0 Å². The van der Waals surface area contributed by atoms with Crippen LogP contribution < -0.4 is 5.32 Å². The first-order valence-electron chi connectivity index (χ1n) is 9.47. The van der Waals surface area contributed by atoms with Gasteiger partial charge in [-0.15, -0.1) is 10.2 Å². The minimum atomic E-state index is -0.635. The number of carbonyl (C=O) groups is 2. The van der Waals surface area contributed by atoms with Crippen LogP contribution in [-0.2, 0) is 20.7 Å². The summed E-state index contributed by atoms with van der Waals surface area (Å²) >= 11 is 0. The minimum Gasteiger partial charge on any atom is -0.469 e. The van der Waals surface area contributed by atoms with E-state index in [1.165, 1.54) is 7.11 Å². The molecular formula is C21H29N3O5. The van der Waals surface area contributed by atoms with Crippen LogP contribution in [0.3, 0.4) is 0 Å². The van der Waals surface area contributed by atoms with Gasteiger partial charge in [-0.05, 0) is 52.7 Å². The minimum absolute atomic E-state index is 0.322. The van der Waals surface area contributed by atoms with Gasteiger partial charge in [0.15, 0.2) is 0 Å². The van der Waals surface area contributed by atoms with Crippen molar-refractivity contribution in [3.05, 3.63) is 35.2 Å². The second-order valence-electron chi connectivity index (χ2n) is 8.06. The van der Waals surface area contributed by atoms with Gasteiger partial charge in [0.2, 0.25) is 11.8 Å². The van der Waals surface area contributed by atoms with Crippen LogP contribution in [0.2, 0.25) is 0 Å². The number of aromatic nitrogens is 2. The van der Waals surface area contributed by atoms with Crippen LogP contribution >= 0.6 is 0 Å². The van der Waals surface area contributed by atoms with Gasteiger partial charge in [0.25, 0.3) is 0 Å². The Labute approximate surface area is 171 Å². The van der Waals surface area contributed by atoms with E-state index < -0.39 is 29.6 Å². The van der Waals surface area contributed by atoms with Crippen LogP contribution in [-0.4, -0.2) is 41.0 Å². The largest absolute Gasteiger partial charge is 0.469 e. The summed E-state index contributed by atoms with van der Waals surface area (Å²) in [7, 11) is 1.33. The SMILES string of the molecule is COC(=O)[C@H](Cc1cc(C)ccc1-c1nnc(C)o1)C(C)NC(=O)OC(C)(C)C. The highest BCUT2D eigenvalue weighted by atomic mass is 16.6. The van der Waals surface area contributed by atoms with Crippen LogP contribution in [0.5, 0.6) is 0 Å². The van der Waals surface area contributed by atoms with E-state index in [1.54, 1.807) is 34.6 Å². The summed E-state index contributed by atoms with van der Waals surface area (Å²) < 4.78 is 15.9. The smallest absolute Gasteiger partial charge is 0.407 e. The number of aryl methyl sites for hydroxylation is 2. The Balaban J connectivity index is 2.30. The van der Waals surface area contributed by atoms with Crippen LogP contribution in [0.25, 0.3) is 11.5 Å². The number of ether oxygens (including phenoxy) is 2. The third-order valence-electron chi connectivity index (χ3n) is 4.31. The second-order valence-corrected chi connectivity index (χ2v) is 8.06. The maximum absolute atomic E-state index is 12.5. The number of alkyl carbamates (subject to hydrolysis) is 1. The summed E-state index contributed by atoms with van der Waals surface area (Å²) in [5.74, 6) is -0.218. The molecule has 2 aromatic rings. The molecule has 2 atom stereocenters. The molecule has 158 valence electrons. The predicted octanol–water partition coefficient (Wildman–Crippen LogP) is 3.60. The fourth-order valence-electron chi connectivity index (χ4n) is 2.95. The van der Waals surface area contributed by atoms with E-state index in [-0.39, 0.29) is 0 Å². The number of rotatable bonds is 6. The van der Waals surface area contributed by atoms with Gasteiger partial charge in [-0.25, -0.2) is 4.79 Å². The van der Waals surface area contributed by atoms with Crippen molar-refractivity contribution < 1.29 is 23.5 Å². The zero-order valence-corrected chi connectivity index (χ0v) is 18.0. The average molecular weight is 403 g/mol. The summed E-state index contributed by atoms with van der Waals surface area (Å²) in [5.41, 5.74) is 1.98. The molecule has 0 saturated carbocycles. The molecule has 1 N–H and O–H groups in total. The second kappa shape index (κ2) is 9.07.